The maximum absolute atomic E-state index is 13.4. The summed E-state index contributed by atoms with van der Waals surface area (Å²) in [6.45, 7) is 1.12. The van der Waals surface area contributed by atoms with E-state index in [9.17, 15) is 22.8 Å². The number of nitrogens with zero attached hydrogens (tertiary/aromatic N) is 3. The molecule has 0 aromatic carbocycles. The number of amides is 3. The summed E-state index contributed by atoms with van der Waals surface area (Å²) in [5.41, 5.74) is 0.274. The van der Waals surface area contributed by atoms with E-state index < -0.39 is 15.9 Å². The molecule has 0 atom stereocenters. The lowest BCUT2D eigenvalue weighted by Crippen LogP contribution is -2.49. The van der Waals surface area contributed by atoms with Crippen molar-refractivity contribution in [3.63, 3.8) is 0 Å². The molecule has 40 heavy (non-hydrogen) atoms. The molecular weight excluding hydrogens is 564 g/mol. The van der Waals surface area contributed by atoms with Crippen LogP contribution in [0.3, 0.4) is 0 Å². The van der Waals surface area contributed by atoms with Crippen LogP contribution in [-0.2, 0) is 24.3 Å². The van der Waals surface area contributed by atoms with Crippen LogP contribution < -0.4 is 15.4 Å². The fourth-order valence-corrected chi connectivity index (χ4v) is 5.52. The van der Waals surface area contributed by atoms with Crippen molar-refractivity contribution in [2.75, 3.05) is 41.4 Å². The Morgan fingerprint density at radius 2 is 1.82 bits per heavy atom. The van der Waals surface area contributed by atoms with Crippen LogP contribution in [-0.4, -0.2) is 73.1 Å². The molecule has 0 spiro atoms. The van der Waals surface area contributed by atoms with Crippen LogP contribution in [0.5, 0.6) is 0 Å². The second-order valence-electron chi connectivity index (χ2n) is 9.67. The van der Waals surface area contributed by atoms with E-state index in [0.29, 0.717) is 43.9 Å². The number of hydrogen-bond donors (Lipinski definition) is 3. The van der Waals surface area contributed by atoms with Gasteiger partial charge >= 0.3 is 0 Å². The SMILES string of the molecule is CS(=O)(=O)Nc1ccc2oc(C(=O)Nc3ccc(Cl)cn3)c(NC(=O)C3CCC(N4CCOCC4=O)CC3)c2n1. The van der Waals surface area contributed by atoms with Gasteiger partial charge in [-0.15, -0.1) is 0 Å². The highest BCUT2D eigenvalue weighted by molar-refractivity contribution is 7.92. The molecule has 1 aliphatic carbocycles. The normalized spacial score (nSPS) is 19.9. The number of morpholine rings is 1. The standard InChI is InChI=1S/C25H27ClN6O7S/c1-40(36,37)31-19-9-7-17-21(28-19)22(23(39-17)25(35)29-18-8-4-15(26)12-27-18)30-24(34)14-2-5-16(6-3-14)32-10-11-38-13-20(32)33/h4,7-9,12,14,16H,2-3,5-6,10-11,13H2,1H3,(H,28,31)(H,30,34)(H,27,29,35). The summed E-state index contributed by atoms with van der Waals surface area (Å²) in [7, 11) is -3.64. The zero-order valence-electron chi connectivity index (χ0n) is 21.5. The second-order valence-corrected chi connectivity index (χ2v) is 11.9. The average molecular weight is 591 g/mol. The summed E-state index contributed by atoms with van der Waals surface area (Å²) in [5, 5.41) is 5.78. The molecule has 3 amide bonds. The number of halogens is 1. The van der Waals surface area contributed by atoms with Crippen LogP contribution >= 0.6 is 11.6 Å². The minimum atomic E-state index is -3.64. The van der Waals surface area contributed by atoms with E-state index in [2.05, 4.69) is 25.3 Å². The molecule has 5 rings (SSSR count). The Morgan fingerprint density at radius 3 is 2.50 bits per heavy atom. The lowest BCUT2D eigenvalue weighted by Gasteiger charge is -2.38. The van der Waals surface area contributed by atoms with E-state index in [0.717, 1.165) is 6.26 Å². The van der Waals surface area contributed by atoms with Crippen LogP contribution in [0, 0.1) is 5.92 Å². The van der Waals surface area contributed by atoms with Crippen molar-refractivity contribution in [1.29, 1.82) is 0 Å². The Kier molecular flexibility index (Phi) is 7.92. The average Bonchev–Trinajstić information content (AvgIpc) is 3.27. The predicted octanol–water partition coefficient (Wildman–Crippen LogP) is 2.86. The van der Waals surface area contributed by atoms with E-state index in [1.807, 2.05) is 4.90 Å². The Bertz CT molecular complexity index is 1550. The molecule has 2 aliphatic rings. The van der Waals surface area contributed by atoms with Crippen LogP contribution in [0.2, 0.25) is 5.02 Å². The first-order valence-corrected chi connectivity index (χ1v) is 14.9. The third-order valence-corrected chi connectivity index (χ3v) is 7.58. The molecule has 0 unspecified atom stereocenters. The number of carbonyl (C=O) groups excluding carboxylic acids is 3. The van der Waals surface area contributed by atoms with Gasteiger partial charge in [0, 0.05) is 24.7 Å². The number of pyridine rings is 2. The van der Waals surface area contributed by atoms with Gasteiger partial charge in [0.25, 0.3) is 5.91 Å². The monoisotopic (exact) mass is 590 g/mol. The maximum atomic E-state index is 13.4. The van der Waals surface area contributed by atoms with E-state index >= 15 is 0 Å². The lowest BCUT2D eigenvalue weighted by molar-refractivity contribution is -0.146. The highest BCUT2D eigenvalue weighted by Crippen LogP contribution is 2.34. The predicted molar refractivity (Wildman–Crippen MR) is 147 cm³/mol. The summed E-state index contributed by atoms with van der Waals surface area (Å²) in [5.74, 6) is -1.48. The molecule has 3 aromatic heterocycles. The number of ether oxygens (including phenoxy) is 1. The van der Waals surface area contributed by atoms with Crippen LogP contribution in [0.1, 0.15) is 36.2 Å². The number of hydrogen-bond acceptors (Lipinski definition) is 9. The molecule has 3 aromatic rings. The van der Waals surface area contributed by atoms with E-state index in [1.165, 1.54) is 24.4 Å². The van der Waals surface area contributed by atoms with Gasteiger partial charge in [0.05, 0.1) is 17.9 Å². The smallest absolute Gasteiger partial charge is 0.294 e. The largest absolute Gasteiger partial charge is 0.447 e. The molecule has 212 valence electrons. The van der Waals surface area contributed by atoms with Crippen molar-refractivity contribution in [3.8, 4) is 0 Å². The van der Waals surface area contributed by atoms with Crippen LogP contribution in [0.4, 0.5) is 17.3 Å². The number of furan rings is 1. The quantitative estimate of drug-likeness (QED) is 0.374. The van der Waals surface area contributed by atoms with Crippen molar-refractivity contribution in [2.24, 2.45) is 5.92 Å². The highest BCUT2D eigenvalue weighted by atomic mass is 35.5. The molecule has 0 bridgehead atoms. The maximum Gasteiger partial charge on any atom is 0.294 e. The molecule has 2 fully saturated rings. The van der Waals surface area contributed by atoms with E-state index in [4.69, 9.17) is 20.8 Å². The molecule has 4 heterocycles. The van der Waals surface area contributed by atoms with Gasteiger partial charge in [0.15, 0.2) is 5.58 Å². The first-order valence-electron chi connectivity index (χ1n) is 12.6. The zero-order chi connectivity index (χ0) is 28.4. The molecule has 1 saturated carbocycles. The van der Waals surface area contributed by atoms with Crippen molar-refractivity contribution in [3.05, 3.63) is 41.2 Å². The Balaban J connectivity index is 1.39. The number of fused-ring (bicyclic) bond motifs is 1. The molecule has 1 aliphatic heterocycles. The fraction of sp³-hybridized carbons (Fsp3) is 0.400. The fourth-order valence-electron chi connectivity index (χ4n) is 4.91. The number of nitrogens with one attached hydrogen (secondary N) is 3. The molecule has 3 N–H and O–H groups in total. The zero-order valence-corrected chi connectivity index (χ0v) is 23.0. The van der Waals surface area contributed by atoms with E-state index in [1.54, 1.807) is 6.07 Å². The Hall–Kier alpha value is -3.75. The minimum Gasteiger partial charge on any atom is -0.447 e. The topological polar surface area (TPSA) is 173 Å². The number of carbonyl (C=O) groups is 3. The summed E-state index contributed by atoms with van der Waals surface area (Å²) in [6.07, 6.45) is 4.75. The second kappa shape index (κ2) is 11.4. The first kappa shape index (κ1) is 27.8. The molecule has 0 radical (unpaired) electrons. The number of rotatable bonds is 7. The van der Waals surface area contributed by atoms with Gasteiger partial charge in [-0.3, -0.25) is 19.1 Å². The van der Waals surface area contributed by atoms with Crippen molar-refractivity contribution >= 4 is 67.8 Å². The van der Waals surface area contributed by atoms with E-state index in [-0.39, 0.29) is 64.6 Å². The summed E-state index contributed by atoms with van der Waals surface area (Å²) < 4.78 is 36.8. The Labute approximate surface area is 234 Å². The summed E-state index contributed by atoms with van der Waals surface area (Å²) >= 11 is 5.87. The summed E-state index contributed by atoms with van der Waals surface area (Å²) in [6, 6.07) is 5.94. The summed E-state index contributed by atoms with van der Waals surface area (Å²) in [4.78, 5) is 49.0. The molecule has 15 heteroatoms. The highest BCUT2D eigenvalue weighted by Gasteiger charge is 2.34. The van der Waals surface area contributed by atoms with Gasteiger partial charge in [0.2, 0.25) is 27.6 Å². The van der Waals surface area contributed by atoms with Crippen molar-refractivity contribution < 1.29 is 32.0 Å². The number of anilines is 3. The van der Waals surface area contributed by atoms with Gasteiger partial charge in [-0.25, -0.2) is 18.4 Å². The number of sulfonamides is 1. The van der Waals surface area contributed by atoms with Gasteiger partial charge in [-0.2, -0.15) is 0 Å². The van der Waals surface area contributed by atoms with Gasteiger partial charge in [-0.1, -0.05) is 11.6 Å². The van der Waals surface area contributed by atoms with Gasteiger partial charge in [-0.05, 0) is 49.9 Å². The lowest BCUT2D eigenvalue weighted by atomic mass is 9.84. The third-order valence-electron chi connectivity index (χ3n) is 6.78. The van der Waals surface area contributed by atoms with Gasteiger partial charge < -0.3 is 24.7 Å². The van der Waals surface area contributed by atoms with Crippen LogP contribution in [0.25, 0.3) is 11.1 Å². The number of aromatic nitrogens is 2. The molecular formula is C25H27ClN6O7S. The van der Waals surface area contributed by atoms with Crippen LogP contribution in [0.15, 0.2) is 34.9 Å². The molecule has 13 nitrogen and oxygen atoms in total. The van der Waals surface area contributed by atoms with Gasteiger partial charge in [0.1, 0.15) is 29.4 Å². The van der Waals surface area contributed by atoms with Crippen molar-refractivity contribution in [1.82, 2.24) is 14.9 Å². The third kappa shape index (κ3) is 6.35. The van der Waals surface area contributed by atoms with Crippen molar-refractivity contribution in [2.45, 2.75) is 31.7 Å². The minimum absolute atomic E-state index is 0.00619. The first-order chi connectivity index (χ1) is 19.1. The Morgan fingerprint density at radius 1 is 1.07 bits per heavy atom. The molecule has 1 saturated heterocycles.